The second kappa shape index (κ2) is 5.67. The normalized spacial score (nSPS) is 19.1. The van der Waals surface area contributed by atoms with Crippen molar-refractivity contribution < 1.29 is 4.74 Å². The SMILES string of the molecule is CCCOc1cccc(C2=NN=C(N)C(C)C2)c1. The topological polar surface area (TPSA) is 60.0 Å². The molecule has 0 aliphatic carbocycles. The molecule has 1 aromatic carbocycles. The van der Waals surface area contributed by atoms with Gasteiger partial charge in [-0.2, -0.15) is 5.10 Å². The van der Waals surface area contributed by atoms with E-state index in [1.165, 1.54) is 0 Å². The summed E-state index contributed by atoms with van der Waals surface area (Å²) in [6.07, 6.45) is 1.83. The Kier molecular flexibility index (Phi) is 3.97. The molecule has 0 spiro atoms. The first kappa shape index (κ1) is 12.6. The van der Waals surface area contributed by atoms with E-state index in [0.717, 1.165) is 36.5 Å². The predicted octanol–water partition coefficient (Wildman–Crippen LogP) is 2.58. The molecule has 0 saturated carbocycles. The third-order valence-corrected chi connectivity index (χ3v) is 2.93. The Balaban J connectivity index is 2.18. The van der Waals surface area contributed by atoms with Gasteiger partial charge in [0.15, 0.2) is 0 Å². The van der Waals surface area contributed by atoms with Crippen molar-refractivity contribution in [3.8, 4) is 5.75 Å². The molecule has 2 rings (SSSR count). The molecule has 0 amide bonds. The van der Waals surface area contributed by atoms with Crippen LogP contribution in [0.3, 0.4) is 0 Å². The second-order valence-corrected chi connectivity index (χ2v) is 4.55. The van der Waals surface area contributed by atoms with E-state index >= 15 is 0 Å². The number of hydrogen-bond donors (Lipinski definition) is 1. The van der Waals surface area contributed by atoms with Crippen LogP contribution >= 0.6 is 0 Å². The number of rotatable bonds is 4. The fraction of sp³-hybridized carbons (Fsp3) is 0.429. The van der Waals surface area contributed by atoms with Gasteiger partial charge in [0.25, 0.3) is 0 Å². The molecule has 0 fully saturated rings. The lowest BCUT2D eigenvalue weighted by molar-refractivity contribution is 0.317. The first-order valence-corrected chi connectivity index (χ1v) is 6.33. The van der Waals surface area contributed by atoms with Gasteiger partial charge >= 0.3 is 0 Å². The summed E-state index contributed by atoms with van der Waals surface area (Å²) in [6, 6.07) is 7.98. The third kappa shape index (κ3) is 2.88. The van der Waals surface area contributed by atoms with E-state index in [2.05, 4.69) is 24.1 Å². The lowest BCUT2D eigenvalue weighted by Gasteiger charge is -2.16. The van der Waals surface area contributed by atoms with E-state index in [-0.39, 0.29) is 5.92 Å². The minimum absolute atomic E-state index is 0.248. The summed E-state index contributed by atoms with van der Waals surface area (Å²) in [5.74, 6) is 1.74. The maximum atomic E-state index is 5.73. The molecule has 1 aromatic rings. The molecule has 18 heavy (non-hydrogen) atoms. The summed E-state index contributed by atoms with van der Waals surface area (Å²) in [7, 11) is 0. The summed E-state index contributed by atoms with van der Waals surface area (Å²) in [4.78, 5) is 0. The van der Waals surface area contributed by atoms with Gasteiger partial charge in [-0.3, -0.25) is 0 Å². The van der Waals surface area contributed by atoms with E-state index in [4.69, 9.17) is 10.5 Å². The monoisotopic (exact) mass is 245 g/mol. The number of ether oxygens (including phenoxy) is 1. The van der Waals surface area contributed by atoms with Crippen molar-refractivity contribution in [3.05, 3.63) is 29.8 Å². The zero-order valence-corrected chi connectivity index (χ0v) is 10.9. The molecular formula is C14H19N3O. The molecule has 1 aliphatic rings. The van der Waals surface area contributed by atoms with Crippen LogP contribution in [0, 0.1) is 5.92 Å². The van der Waals surface area contributed by atoms with Crippen LogP contribution in [-0.2, 0) is 0 Å². The van der Waals surface area contributed by atoms with Crippen molar-refractivity contribution in [2.24, 2.45) is 21.9 Å². The smallest absolute Gasteiger partial charge is 0.125 e. The molecule has 0 saturated heterocycles. The molecule has 4 heteroatoms. The summed E-state index contributed by atoms with van der Waals surface area (Å²) in [5, 5.41) is 8.18. The van der Waals surface area contributed by atoms with Crippen molar-refractivity contribution in [3.63, 3.8) is 0 Å². The van der Waals surface area contributed by atoms with Gasteiger partial charge in [0.2, 0.25) is 0 Å². The minimum atomic E-state index is 0.248. The summed E-state index contributed by atoms with van der Waals surface area (Å²) < 4.78 is 5.62. The number of nitrogens with two attached hydrogens (primary N) is 1. The number of hydrogen-bond acceptors (Lipinski definition) is 4. The average Bonchev–Trinajstić information content (AvgIpc) is 2.40. The summed E-state index contributed by atoms with van der Waals surface area (Å²) in [5.41, 5.74) is 7.77. The Hall–Kier alpha value is -1.84. The van der Waals surface area contributed by atoms with Gasteiger partial charge in [-0.1, -0.05) is 26.0 Å². The third-order valence-electron chi connectivity index (χ3n) is 2.93. The van der Waals surface area contributed by atoms with Crippen LogP contribution in [0.15, 0.2) is 34.5 Å². The fourth-order valence-corrected chi connectivity index (χ4v) is 1.81. The highest BCUT2D eigenvalue weighted by Gasteiger charge is 2.17. The molecule has 4 nitrogen and oxygen atoms in total. The number of benzene rings is 1. The van der Waals surface area contributed by atoms with Gasteiger partial charge in [-0.05, 0) is 18.6 Å². The van der Waals surface area contributed by atoms with E-state index in [1.54, 1.807) is 0 Å². The maximum Gasteiger partial charge on any atom is 0.125 e. The Labute approximate surface area is 108 Å². The minimum Gasteiger partial charge on any atom is -0.494 e. The van der Waals surface area contributed by atoms with Gasteiger partial charge in [-0.25, -0.2) is 0 Å². The Bertz CT molecular complexity index is 480. The molecular weight excluding hydrogens is 226 g/mol. The highest BCUT2D eigenvalue weighted by Crippen LogP contribution is 2.20. The molecule has 0 aromatic heterocycles. The van der Waals surface area contributed by atoms with Crippen LogP contribution in [0.1, 0.15) is 32.3 Å². The maximum absolute atomic E-state index is 5.73. The Morgan fingerprint density at radius 3 is 2.94 bits per heavy atom. The van der Waals surface area contributed by atoms with E-state index in [1.807, 2.05) is 24.3 Å². The lowest BCUT2D eigenvalue weighted by atomic mass is 9.97. The van der Waals surface area contributed by atoms with E-state index in [9.17, 15) is 0 Å². The van der Waals surface area contributed by atoms with Crippen LogP contribution < -0.4 is 10.5 Å². The molecule has 1 heterocycles. The first-order chi connectivity index (χ1) is 8.70. The van der Waals surface area contributed by atoms with Crippen LogP contribution in [0.25, 0.3) is 0 Å². The lowest BCUT2D eigenvalue weighted by Crippen LogP contribution is -2.26. The highest BCUT2D eigenvalue weighted by molar-refractivity contribution is 6.04. The molecule has 96 valence electrons. The van der Waals surface area contributed by atoms with Gasteiger partial charge in [0.1, 0.15) is 11.6 Å². The van der Waals surface area contributed by atoms with Crippen LogP contribution in [0.5, 0.6) is 5.75 Å². The van der Waals surface area contributed by atoms with Gasteiger partial charge in [-0.15, -0.1) is 5.10 Å². The fourth-order valence-electron chi connectivity index (χ4n) is 1.81. The van der Waals surface area contributed by atoms with Crippen LogP contribution in [-0.4, -0.2) is 18.2 Å². The van der Waals surface area contributed by atoms with E-state index < -0.39 is 0 Å². The van der Waals surface area contributed by atoms with Crippen molar-refractivity contribution in [1.82, 2.24) is 0 Å². The van der Waals surface area contributed by atoms with Gasteiger partial charge < -0.3 is 10.5 Å². The Morgan fingerprint density at radius 1 is 1.39 bits per heavy atom. The van der Waals surface area contributed by atoms with Crippen molar-refractivity contribution >= 4 is 11.5 Å². The zero-order valence-electron chi connectivity index (χ0n) is 10.9. The van der Waals surface area contributed by atoms with Crippen molar-refractivity contribution in [1.29, 1.82) is 0 Å². The molecule has 1 atom stereocenters. The standard InChI is InChI=1S/C14H19N3O/c1-3-7-18-12-6-4-5-11(9-12)13-8-10(2)14(15)17-16-13/h4-6,9-10H,3,7-8H2,1-2H3,(H2,15,17). The number of nitrogens with zero attached hydrogens (tertiary/aromatic N) is 2. The number of amidine groups is 1. The molecule has 2 N–H and O–H groups in total. The largest absolute Gasteiger partial charge is 0.494 e. The van der Waals surface area contributed by atoms with Gasteiger partial charge in [0.05, 0.1) is 12.3 Å². The highest BCUT2D eigenvalue weighted by atomic mass is 16.5. The zero-order chi connectivity index (χ0) is 13.0. The predicted molar refractivity (Wildman–Crippen MR) is 74.2 cm³/mol. The summed E-state index contributed by atoms with van der Waals surface area (Å²) in [6.45, 7) is 4.89. The molecule has 1 aliphatic heterocycles. The average molecular weight is 245 g/mol. The Morgan fingerprint density at radius 2 is 2.22 bits per heavy atom. The summed E-state index contributed by atoms with van der Waals surface area (Å²) >= 11 is 0. The van der Waals surface area contributed by atoms with Crippen LogP contribution in [0.2, 0.25) is 0 Å². The molecule has 1 unspecified atom stereocenters. The first-order valence-electron chi connectivity index (χ1n) is 6.33. The molecule has 0 radical (unpaired) electrons. The van der Waals surface area contributed by atoms with E-state index in [0.29, 0.717) is 5.84 Å². The van der Waals surface area contributed by atoms with Crippen molar-refractivity contribution in [2.45, 2.75) is 26.7 Å². The quantitative estimate of drug-likeness (QED) is 0.886. The van der Waals surface area contributed by atoms with Crippen LogP contribution in [0.4, 0.5) is 0 Å². The van der Waals surface area contributed by atoms with Gasteiger partial charge in [0, 0.05) is 17.9 Å². The second-order valence-electron chi connectivity index (χ2n) is 4.55. The van der Waals surface area contributed by atoms with Crippen molar-refractivity contribution in [2.75, 3.05) is 6.61 Å². The molecule has 0 bridgehead atoms.